The lowest BCUT2D eigenvalue weighted by Gasteiger charge is -2.42. The third-order valence-electron chi connectivity index (χ3n) is 3.34. The molecule has 0 aliphatic heterocycles. The van der Waals surface area contributed by atoms with E-state index in [2.05, 4.69) is 13.8 Å². The minimum Gasteiger partial charge on any atom is -0.388 e. The highest BCUT2D eigenvalue weighted by atomic mass is 16.3. The molecule has 3 unspecified atom stereocenters. The van der Waals surface area contributed by atoms with E-state index in [4.69, 9.17) is 5.73 Å². The van der Waals surface area contributed by atoms with Crippen LogP contribution >= 0.6 is 0 Å². The second kappa shape index (κ2) is 3.97. The number of hydrogen-bond donors (Lipinski definition) is 2. The Balaban J connectivity index is 2.66. The third-order valence-corrected chi connectivity index (χ3v) is 3.34. The summed E-state index contributed by atoms with van der Waals surface area (Å²) in [4.78, 5) is 0. The van der Waals surface area contributed by atoms with Gasteiger partial charge < -0.3 is 10.8 Å². The number of nitrogens with two attached hydrogens (primary N) is 1. The summed E-state index contributed by atoms with van der Waals surface area (Å²) in [7, 11) is 0. The standard InChI is InChI=1S/C11H23NO/c1-4-10(12)11(13)6-8(2)5-9(3)7-11/h8-10,13H,4-7,12H2,1-3H3. The molecule has 3 atom stereocenters. The van der Waals surface area contributed by atoms with Crippen molar-refractivity contribution in [1.82, 2.24) is 0 Å². The molecule has 0 radical (unpaired) electrons. The molecule has 0 amide bonds. The van der Waals surface area contributed by atoms with Crippen LogP contribution in [0.3, 0.4) is 0 Å². The van der Waals surface area contributed by atoms with Gasteiger partial charge in [-0.15, -0.1) is 0 Å². The first-order valence-electron chi connectivity index (χ1n) is 5.46. The first-order valence-corrected chi connectivity index (χ1v) is 5.46. The van der Waals surface area contributed by atoms with Gasteiger partial charge in [-0.25, -0.2) is 0 Å². The van der Waals surface area contributed by atoms with Gasteiger partial charge in [-0.1, -0.05) is 20.8 Å². The Morgan fingerprint density at radius 2 is 1.85 bits per heavy atom. The lowest BCUT2D eigenvalue weighted by atomic mass is 9.70. The Bertz CT molecular complexity index is 159. The fourth-order valence-electron chi connectivity index (χ4n) is 2.83. The molecule has 0 bridgehead atoms. The summed E-state index contributed by atoms with van der Waals surface area (Å²) in [5.74, 6) is 1.23. The van der Waals surface area contributed by atoms with Crippen molar-refractivity contribution in [2.75, 3.05) is 0 Å². The molecule has 1 aliphatic rings. The Morgan fingerprint density at radius 1 is 1.38 bits per heavy atom. The third kappa shape index (κ3) is 2.44. The lowest BCUT2D eigenvalue weighted by molar-refractivity contribution is -0.0517. The highest BCUT2D eigenvalue weighted by Crippen LogP contribution is 2.37. The van der Waals surface area contributed by atoms with E-state index < -0.39 is 5.60 Å². The molecule has 0 aromatic rings. The average Bonchev–Trinajstić information content (AvgIpc) is 2.00. The van der Waals surface area contributed by atoms with Crippen molar-refractivity contribution in [3.63, 3.8) is 0 Å². The van der Waals surface area contributed by atoms with E-state index in [1.807, 2.05) is 6.92 Å². The summed E-state index contributed by atoms with van der Waals surface area (Å²) in [6, 6.07) is -0.0438. The van der Waals surface area contributed by atoms with Crippen molar-refractivity contribution >= 4 is 0 Å². The van der Waals surface area contributed by atoms with Gasteiger partial charge in [0.05, 0.1) is 5.60 Å². The van der Waals surface area contributed by atoms with Crippen LogP contribution in [-0.4, -0.2) is 16.7 Å². The summed E-state index contributed by atoms with van der Waals surface area (Å²) in [5, 5.41) is 10.4. The molecule has 1 aliphatic carbocycles. The van der Waals surface area contributed by atoms with Gasteiger partial charge in [-0.2, -0.15) is 0 Å². The van der Waals surface area contributed by atoms with E-state index in [0.717, 1.165) is 19.3 Å². The van der Waals surface area contributed by atoms with Gasteiger partial charge in [0.2, 0.25) is 0 Å². The molecule has 2 heteroatoms. The zero-order valence-electron chi connectivity index (χ0n) is 9.09. The van der Waals surface area contributed by atoms with Crippen LogP contribution in [0.5, 0.6) is 0 Å². The van der Waals surface area contributed by atoms with Crippen LogP contribution in [0, 0.1) is 11.8 Å². The Hall–Kier alpha value is -0.0800. The summed E-state index contributed by atoms with van der Waals surface area (Å²) in [5.41, 5.74) is 5.36. The quantitative estimate of drug-likeness (QED) is 0.690. The monoisotopic (exact) mass is 185 g/mol. The molecule has 0 spiro atoms. The van der Waals surface area contributed by atoms with Crippen molar-refractivity contribution in [3.8, 4) is 0 Å². The maximum absolute atomic E-state index is 10.4. The topological polar surface area (TPSA) is 46.2 Å². The van der Waals surface area contributed by atoms with Crippen molar-refractivity contribution in [3.05, 3.63) is 0 Å². The van der Waals surface area contributed by atoms with Gasteiger partial charge in [0.25, 0.3) is 0 Å². The molecule has 0 aromatic carbocycles. The maximum atomic E-state index is 10.4. The molecule has 3 N–H and O–H groups in total. The average molecular weight is 185 g/mol. The van der Waals surface area contributed by atoms with Crippen LogP contribution in [0.2, 0.25) is 0 Å². The molecule has 1 fully saturated rings. The molecule has 0 heterocycles. The number of rotatable bonds is 2. The highest BCUT2D eigenvalue weighted by Gasteiger charge is 2.39. The van der Waals surface area contributed by atoms with Gasteiger partial charge >= 0.3 is 0 Å². The number of aliphatic hydroxyl groups is 1. The second-order valence-electron chi connectivity index (χ2n) is 4.97. The largest absolute Gasteiger partial charge is 0.388 e. The van der Waals surface area contributed by atoms with E-state index in [9.17, 15) is 5.11 Å². The van der Waals surface area contributed by atoms with Gasteiger partial charge in [0.1, 0.15) is 0 Å². The molecule has 0 aromatic heterocycles. The number of hydrogen-bond acceptors (Lipinski definition) is 2. The Morgan fingerprint density at radius 3 is 2.23 bits per heavy atom. The highest BCUT2D eigenvalue weighted by molar-refractivity contribution is 4.94. The normalized spacial score (nSPS) is 43.2. The van der Waals surface area contributed by atoms with Crippen LogP contribution in [0.15, 0.2) is 0 Å². The van der Waals surface area contributed by atoms with E-state index in [1.165, 1.54) is 6.42 Å². The Kier molecular flexibility index (Phi) is 3.36. The molecule has 1 saturated carbocycles. The van der Waals surface area contributed by atoms with E-state index in [1.54, 1.807) is 0 Å². The van der Waals surface area contributed by atoms with E-state index >= 15 is 0 Å². The summed E-state index contributed by atoms with van der Waals surface area (Å²) in [6.45, 7) is 6.47. The zero-order valence-corrected chi connectivity index (χ0v) is 9.09. The van der Waals surface area contributed by atoms with Crippen molar-refractivity contribution < 1.29 is 5.11 Å². The van der Waals surface area contributed by atoms with Crippen LogP contribution in [0.4, 0.5) is 0 Å². The first-order chi connectivity index (χ1) is 5.98. The molecular weight excluding hydrogens is 162 g/mol. The predicted molar refractivity (Wildman–Crippen MR) is 55.4 cm³/mol. The second-order valence-corrected chi connectivity index (χ2v) is 4.97. The van der Waals surface area contributed by atoms with Gasteiger partial charge in [-0.05, 0) is 37.5 Å². The fourth-order valence-corrected chi connectivity index (χ4v) is 2.83. The molecule has 0 saturated heterocycles. The van der Waals surface area contributed by atoms with Gasteiger partial charge in [0.15, 0.2) is 0 Å². The smallest absolute Gasteiger partial charge is 0.0802 e. The van der Waals surface area contributed by atoms with Gasteiger partial charge in [0, 0.05) is 6.04 Å². The maximum Gasteiger partial charge on any atom is 0.0802 e. The van der Waals surface area contributed by atoms with Crippen LogP contribution in [0.25, 0.3) is 0 Å². The minimum atomic E-state index is -0.591. The molecule has 1 rings (SSSR count). The lowest BCUT2D eigenvalue weighted by Crippen LogP contribution is -2.51. The molecule has 2 nitrogen and oxygen atoms in total. The van der Waals surface area contributed by atoms with E-state index in [0.29, 0.717) is 11.8 Å². The Labute approximate surface area is 81.5 Å². The molecule has 13 heavy (non-hydrogen) atoms. The van der Waals surface area contributed by atoms with Crippen LogP contribution in [0.1, 0.15) is 46.5 Å². The molecule has 78 valence electrons. The predicted octanol–water partition coefficient (Wildman–Crippen LogP) is 1.91. The summed E-state index contributed by atoms with van der Waals surface area (Å²) in [6.07, 6.45) is 3.87. The fraction of sp³-hybridized carbons (Fsp3) is 1.00. The van der Waals surface area contributed by atoms with Gasteiger partial charge in [-0.3, -0.25) is 0 Å². The SMILES string of the molecule is CCC(N)C1(O)CC(C)CC(C)C1. The van der Waals surface area contributed by atoms with Crippen molar-refractivity contribution in [2.24, 2.45) is 17.6 Å². The van der Waals surface area contributed by atoms with Crippen LogP contribution < -0.4 is 5.73 Å². The van der Waals surface area contributed by atoms with Crippen LogP contribution in [-0.2, 0) is 0 Å². The summed E-state index contributed by atoms with van der Waals surface area (Å²) < 4.78 is 0. The van der Waals surface area contributed by atoms with Crippen molar-refractivity contribution in [1.29, 1.82) is 0 Å². The first kappa shape index (κ1) is 11.0. The van der Waals surface area contributed by atoms with Crippen molar-refractivity contribution in [2.45, 2.75) is 58.1 Å². The molecular formula is C11H23NO. The zero-order chi connectivity index (χ0) is 10.1. The minimum absolute atomic E-state index is 0.0438. The van der Waals surface area contributed by atoms with E-state index in [-0.39, 0.29) is 6.04 Å². The summed E-state index contributed by atoms with van der Waals surface area (Å²) >= 11 is 0.